The molecule has 0 saturated heterocycles. The van der Waals surface area contributed by atoms with E-state index in [-0.39, 0.29) is 18.2 Å². The molecule has 1 amide bonds. The van der Waals surface area contributed by atoms with Gasteiger partial charge in [0.15, 0.2) is 0 Å². The molecule has 1 saturated carbocycles. The van der Waals surface area contributed by atoms with Crippen LogP contribution in [0.4, 0.5) is 4.79 Å². The molecular formula is C21H28N6O3. The number of amides is 1. The standard InChI is InChI=1S/C21H28N6O3/c1-21(2,3)30-20(28)24-15-6-5-7-16(10-15)29-19-18-8-9-22-27(18)13-17(25-19)14-11-23-26(4)12-14/h8-9,11-13,15-16H,5-7,10H2,1-4H3,(H,24,28)/t15-,16+/m1/s1. The first-order chi connectivity index (χ1) is 14.3. The van der Waals surface area contributed by atoms with Gasteiger partial charge in [-0.1, -0.05) is 0 Å². The lowest BCUT2D eigenvalue weighted by Crippen LogP contribution is -2.43. The molecule has 0 radical (unpaired) electrons. The lowest BCUT2D eigenvalue weighted by Gasteiger charge is -2.30. The Morgan fingerprint density at radius 1 is 1.23 bits per heavy atom. The Labute approximate surface area is 175 Å². The number of rotatable bonds is 4. The molecule has 9 heteroatoms. The second-order valence-electron chi connectivity index (χ2n) is 8.74. The maximum Gasteiger partial charge on any atom is 0.407 e. The summed E-state index contributed by atoms with van der Waals surface area (Å²) in [6.45, 7) is 5.57. The van der Waals surface area contributed by atoms with Crippen LogP contribution in [0, 0.1) is 0 Å². The maximum atomic E-state index is 12.1. The van der Waals surface area contributed by atoms with Gasteiger partial charge in [0.1, 0.15) is 17.2 Å². The van der Waals surface area contributed by atoms with Crippen molar-refractivity contribution in [3.05, 3.63) is 30.9 Å². The molecule has 2 atom stereocenters. The van der Waals surface area contributed by atoms with Gasteiger partial charge in [0.25, 0.3) is 0 Å². The number of carbonyl (C=O) groups is 1. The molecule has 30 heavy (non-hydrogen) atoms. The van der Waals surface area contributed by atoms with Gasteiger partial charge in [0.2, 0.25) is 5.88 Å². The molecule has 1 aliphatic carbocycles. The van der Waals surface area contributed by atoms with E-state index >= 15 is 0 Å². The first-order valence-corrected chi connectivity index (χ1v) is 10.3. The van der Waals surface area contributed by atoms with Crippen LogP contribution in [-0.2, 0) is 11.8 Å². The largest absolute Gasteiger partial charge is 0.473 e. The highest BCUT2D eigenvalue weighted by atomic mass is 16.6. The molecule has 3 aromatic rings. The fraction of sp³-hybridized carbons (Fsp3) is 0.524. The minimum absolute atomic E-state index is 0.0148. The van der Waals surface area contributed by atoms with Gasteiger partial charge >= 0.3 is 6.09 Å². The number of alkyl carbamates (subject to hydrolysis) is 1. The summed E-state index contributed by atoms with van der Waals surface area (Å²) < 4.78 is 15.2. The molecule has 0 unspecified atom stereocenters. The van der Waals surface area contributed by atoms with Crippen LogP contribution in [-0.4, -0.2) is 48.2 Å². The third-order valence-corrected chi connectivity index (χ3v) is 4.98. The monoisotopic (exact) mass is 412 g/mol. The summed E-state index contributed by atoms with van der Waals surface area (Å²) in [4.78, 5) is 16.9. The van der Waals surface area contributed by atoms with E-state index in [0.717, 1.165) is 36.0 Å². The highest BCUT2D eigenvalue weighted by Crippen LogP contribution is 2.28. The smallest absolute Gasteiger partial charge is 0.407 e. The van der Waals surface area contributed by atoms with Crippen LogP contribution in [0.25, 0.3) is 16.8 Å². The number of carbonyl (C=O) groups excluding carboxylic acids is 1. The Kier molecular flexibility index (Phi) is 5.36. The highest BCUT2D eigenvalue weighted by Gasteiger charge is 2.27. The van der Waals surface area contributed by atoms with E-state index < -0.39 is 5.60 Å². The summed E-state index contributed by atoms with van der Waals surface area (Å²) in [5, 5.41) is 11.5. The van der Waals surface area contributed by atoms with Crippen LogP contribution in [0.1, 0.15) is 46.5 Å². The van der Waals surface area contributed by atoms with Crippen LogP contribution in [0.3, 0.4) is 0 Å². The van der Waals surface area contributed by atoms with Crippen molar-refractivity contribution in [3.63, 3.8) is 0 Å². The SMILES string of the molecule is Cn1cc(-c2cn3nccc3c(O[C@H]3CCC[C@@H](NC(=O)OC(C)(C)C)C3)n2)cn1. The van der Waals surface area contributed by atoms with Gasteiger partial charge < -0.3 is 14.8 Å². The molecule has 0 bridgehead atoms. The quantitative estimate of drug-likeness (QED) is 0.706. The molecule has 3 heterocycles. The fourth-order valence-corrected chi connectivity index (χ4v) is 3.69. The van der Waals surface area contributed by atoms with E-state index in [1.807, 2.05) is 46.3 Å². The van der Waals surface area contributed by atoms with Crippen molar-refractivity contribution in [2.24, 2.45) is 7.05 Å². The molecule has 0 aromatic carbocycles. The molecule has 1 aliphatic rings. The van der Waals surface area contributed by atoms with E-state index in [9.17, 15) is 4.79 Å². The van der Waals surface area contributed by atoms with Crippen molar-refractivity contribution >= 4 is 11.6 Å². The summed E-state index contributed by atoms with van der Waals surface area (Å²) >= 11 is 0. The molecule has 3 aromatic heterocycles. The number of nitrogens with zero attached hydrogens (tertiary/aromatic N) is 5. The number of nitrogens with one attached hydrogen (secondary N) is 1. The third-order valence-electron chi connectivity index (χ3n) is 4.98. The molecule has 1 fully saturated rings. The zero-order valence-corrected chi connectivity index (χ0v) is 17.8. The summed E-state index contributed by atoms with van der Waals surface area (Å²) in [5.74, 6) is 0.539. The van der Waals surface area contributed by atoms with Crippen LogP contribution >= 0.6 is 0 Å². The highest BCUT2D eigenvalue weighted by molar-refractivity contribution is 5.68. The Morgan fingerprint density at radius 2 is 2.07 bits per heavy atom. The second-order valence-corrected chi connectivity index (χ2v) is 8.74. The van der Waals surface area contributed by atoms with Crippen molar-refractivity contribution in [3.8, 4) is 17.1 Å². The van der Waals surface area contributed by atoms with Gasteiger partial charge in [-0.25, -0.2) is 14.3 Å². The number of hydrogen-bond acceptors (Lipinski definition) is 6. The van der Waals surface area contributed by atoms with E-state index in [1.165, 1.54) is 0 Å². The van der Waals surface area contributed by atoms with Crippen molar-refractivity contribution in [1.82, 2.24) is 29.7 Å². The van der Waals surface area contributed by atoms with Crippen LogP contribution in [0.5, 0.6) is 5.88 Å². The minimum Gasteiger partial charge on any atom is -0.473 e. The molecule has 1 N–H and O–H groups in total. The van der Waals surface area contributed by atoms with Crippen molar-refractivity contribution in [2.45, 2.75) is 64.2 Å². The van der Waals surface area contributed by atoms with Crippen molar-refractivity contribution < 1.29 is 14.3 Å². The van der Waals surface area contributed by atoms with Crippen LogP contribution in [0.15, 0.2) is 30.9 Å². The number of aryl methyl sites for hydroxylation is 1. The van der Waals surface area contributed by atoms with E-state index in [4.69, 9.17) is 14.5 Å². The van der Waals surface area contributed by atoms with Gasteiger partial charge in [-0.15, -0.1) is 0 Å². The van der Waals surface area contributed by atoms with Crippen molar-refractivity contribution in [2.75, 3.05) is 0 Å². The second kappa shape index (κ2) is 7.97. The van der Waals surface area contributed by atoms with Crippen LogP contribution < -0.4 is 10.1 Å². The zero-order valence-electron chi connectivity index (χ0n) is 17.8. The Balaban J connectivity index is 1.49. The molecular weight excluding hydrogens is 384 g/mol. The van der Waals surface area contributed by atoms with Gasteiger partial charge in [0.05, 0.1) is 24.3 Å². The number of aromatic nitrogens is 5. The van der Waals surface area contributed by atoms with E-state index in [2.05, 4.69) is 15.5 Å². The Morgan fingerprint density at radius 3 is 2.80 bits per heavy atom. The van der Waals surface area contributed by atoms with E-state index in [0.29, 0.717) is 12.3 Å². The van der Waals surface area contributed by atoms with Crippen molar-refractivity contribution in [1.29, 1.82) is 0 Å². The van der Waals surface area contributed by atoms with Gasteiger partial charge in [-0.05, 0) is 46.1 Å². The third kappa shape index (κ3) is 4.72. The normalized spacial score (nSPS) is 19.6. The lowest BCUT2D eigenvalue weighted by atomic mass is 9.93. The summed E-state index contributed by atoms with van der Waals surface area (Å²) in [5.41, 5.74) is 1.94. The average Bonchev–Trinajstić information content (AvgIpc) is 3.29. The summed E-state index contributed by atoms with van der Waals surface area (Å²) in [7, 11) is 1.87. The topological polar surface area (TPSA) is 95.6 Å². The van der Waals surface area contributed by atoms with Gasteiger partial charge in [0, 0.05) is 31.3 Å². The summed E-state index contributed by atoms with van der Waals surface area (Å²) in [6.07, 6.45) is 10.3. The van der Waals surface area contributed by atoms with Crippen LogP contribution in [0.2, 0.25) is 0 Å². The van der Waals surface area contributed by atoms with E-state index in [1.54, 1.807) is 21.6 Å². The molecule has 0 aliphatic heterocycles. The zero-order chi connectivity index (χ0) is 21.3. The molecule has 0 spiro atoms. The van der Waals surface area contributed by atoms with Gasteiger partial charge in [-0.3, -0.25) is 4.68 Å². The summed E-state index contributed by atoms with van der Waals surface area (Å²) in [6, 6.07) is 1.90. The Hall–Kier alpha value is -3.10. The van der Waals surface area contributed by atoms with Gasteiger partial charge in [-0.2, -0.15) is 10.2 Å². The fourth-order valence-electron chi connectivity index (χ4n) is 3.69. The Bertz CT molecular complexity index is 1030. The predicted molar refractivity (Wildman–Crippen MR) is 111 cm³/mol. The minimum atomic E-state index is -0.515. The number of hydrogen-bond donors (Lipinski definition) is 1. The lowest BCUT2D eigenvalue weighted by molar-refractivity contribution is 0.0462. The molecule has 160 valence electrons. The predicted octanol–water partition coefficient (Wildman–Crippen LogP) is 3.34. The number of fused-ring (bicyclic) bond motifs is 1. The maximum absolute atomic E-state index is 12.1. The molecule has 4 rings (SSSR count). The molecule has 9 nitrogen and oxygen atoms in total. The first-order valence-electron chi connectivity index (χ1n) is 10.3. The first kappa shape index (κ1) is 20.2. The average molecular weight is 412 g/mol. The number of ether oxygens (including phenoxy) is 2.